The van der Waals surface area contributed by atoms with Crippen LogP contribution in [-0.4, -0.2) is 53.9 Å². The van der Waals surface area contributed by atoms with Crippen molar-refractivity contribution in [2.75, 3.05) is 21.1 Å². The molecule has 1 aromatic rings. The van der Waals surface area contributed by atoms with Gasteiger partial charge in [0, 0.05) is 30.9 Å². The van der Waals surface area contributed by atoms with E-state index in [-0.39, 0.29) is 17.4 Å². The van der Waals surface area contributed by atoms with E-state index >= 15 is 0 Å². The molecular formula is C20H31N3O2. The normalized spacial score (nSPS) is 28.6. The van der Waals surface area contributed by atoms with Crippen LogP contribution in [-0.2, 0) is 0 Å². The molecule has 0 bridgehead atoms. The summed E-state index contributed by atoms with van der Waals surface area (Å²) in [6.45, 7) is 4.01. The minimum Gasteiger partial charge on any atom is -0.339 e. The van der Waals surface area contributed by atoms with Gasteiger partial charge in [-0.1, -0.05) is 13.8 Å². The molecule has 25 heavy (non-hydrogen) atoms. The topological polar surface area (TPSA) is 56.4 Å². The third kappa shape index (κ3) is 3.52. The molecule has 1 amide bonds. The molecule has 138 valence electrons. The van der Waals surface area contributed by atoms with Crippen molar-refractivity contribution in [3.8, 4) is 0 Å². The Balaban J connectivity index is 1.72. The number of hydrogen-bond acceptors (Lipinski definition) is 3. The smallest absolute Gasteiger partial charge is 0.255 e. The molecule has 2 fully saturated rings. The van der Waals surface area contributed by atoms with Gasteiger partial charge in [0.2, 0.25) is 5.56 Å². The fourth-order valence-corrected chi connectivity index (χ4v) is 4.78. The number of aromatic amines is 1. The molecule has 2 aliphatic rings. The molecule has 0 aliphatic heterocycles. The Hall–Kier alpha value is -1.62. The fourth-order valence-electron chi connectivity index (χ4n) is 4.78. The number of carbonyl (C=O) groups is 1. The number of nitrogens with zero attached hydrogens (tertiary/aromatic N) is 2. The summed E-state index contributed by atoms with van der Waals surface area (Å²) in [6, 6.07) is 4.16. The summed E-state index contributed by atoms with van der Waals surface area (Å²) in [7, 11) is 6.26. The van der Waals surface area contributed by atoms with Crippen LogP contribution < -0.4 is 5.56 Å². The van der Waals surface area contributed by atoms with Crippen LogP contribution in [0.4, 0.5) is 0 Å². The minimum atomic E-state index is -0.145. The number of fused-ring (bicyclic) bond motifs is 1. The number of pyridine rings is 1. The summed E-state index contributed by atoms with van der Waals surface area (Å²) >= 11 is 0. The predicted octanol–water partition coefficient (Wildman–Crippen LogP) is 2.69. The number of H-pyrrole nitrogens is 1. The van der Waals surface area contributed by atoms with Crippen LogP contribution in [0, 0.1) is 11.8 Å². The number of hydrogen-bond donors (Lipinski definition) is 1. The Morgan fingerprint density at radius 1 is 1.04 bits per heavy atom. The van der Waals surface area contributed by atoms with Gasteiger partial charge < -0.3 is 14.8 Å². The second-order valence-corrected chi connectivity index (χ2v) is 8.45. The number of rotatable bonds is 4. The summed E-state index contributed by atoms with van der Waals surface area (Å²) in [5.41, 5.74) is 1.24. The van der Waals surface area contributed by atoms with Gasteiger partial charge in [-0.05, 0) is 63.6 Å². The van der Waals surface area contributed by atoms with Crippen molar-refractivity contribution in [3.05, 3.63) is 33.7 Å². The third-order valence-corrected chi connectivity index (χ3v) is 6.32. The molecule has 3 rings (SSSR count). The zero-order valence-electron chi connectivity index (χ0n) is 16.1. The average Bonchev–Trinajstić information content (AvgIpc) is 3.12. The van der Waals surface area contributed by atoms with E-state index in [1.165, 1.54) is 18.9 Å². The minimum absolute atomic E-state index is 0.0362. The highest BCUT2D eigenvalue weighted by atomic mass is 16.2. The average molecular weight is 345 g/mol. The number of nitrogens with one attached hydrogen (secondary N) is 1. The Morgan fingerprint density at radius 2 is 1.60 bits per heavy atom. The summed E-state index contributed by atoms with van der Waals surface area (Å²) in [4.78, 5) is 31.8. The Labute approximate surface area is 150 Å². The zero-order valence-corrected chi connectivity index (χ0v) is 16.1. The highest BCUT2D eigenvalue weighted by molar-refractivity contribution is 5.95. The molecule has 2 unspecified atom stereocenters. The van der Waals surface area contributed by atoms with Crippen LogP contribution in [0.5, 0.6) is 0 Å². The van der Waals surface area contributed by atoms with Crippen LogP contribution in [0.3, 0.4) is 0 Å². The SMILES string of the molecule is CC(C)c1[nH]c(=O)ccc1C(=O)N(C)C1C[C@H]2CC(N(C)C)C[C@H]2C1. The van der Waals surface area contributed by atoms with Crippen LogP contribution in [0.25, 0.3) is 0 Å². The van der Waals surface area contributed by atoms with Gasteiger partial charge in [0.15, 0.2) is 0 Å². The molecule has 0 saturated heterocycles. The first-order chi connectivity index (χ1) is 11.8. The van der Waals surface area contributed by atoms with E-state index in [1.54, 1.807) is 6.07 Å². The lowest BCUT2D eigenvalue weighted by Crippen LogP contribution is -2.37. The maximum absolute atomic E-state index is 13.1. The van der Waals surface area contributed by atoms with E-state index in [9.17, 15) is 9.59 Å². The molecule has 0 radical (unpaired) electrons. The largest absolute Gasteiger partial charge is 0.339 e. The molecule has 2 aliphatic carbocycles. The van der Waals surface area contributed by atoms with Crippen molar-refractivity contribution in [2.45, 2.75) is 57.5 Å². The van der Waals surface area contributed by atoms with Crippen molar-refractivity contribution >= 4 is 5.91 Å². The van der Waals surface area contributed by atoms with Crippen molar-refractivity contribution in [3.63, 3.8) is 0 Å². The monoisotopic (exact) mass is 345 g/mol. The maximum atomic E-state index is 13.1. The lowest BCUT2D eigenvalue weighted by atomic mass is 10.0. The highest BCUT2D eigenvalue weighted by Gasteiger charge is 2.44. The van der Waals surface area contributed by atoms with Gasteiger partial charge in [0.1, 0.15) is 0 Å². The van der Waals surface area contributed by atoms with Crippen molar-refractivity contribution in [1.29, 1.82) is 0 Å². The van der Waals surface area contributed by atoms with Crippen LogP contribution >= 0.6 is 0 Å². The first-order valence-corrected chi connectivity index (χ1v) is 9.44. The van der Waals surface area contributed by atoms with E-state index in [0.717, 1.165) is 30.4 Å². The second kappa shape index (κ2) is 6.94. The van der Waals surface area contributed by atoms with Gasteiger partial charge in [-0.3, -0.25) is 9.59 Å². The van der Waals surface area contributed by atoms with Crippen LogP contribution in [0.15, 0.2) is 16.9 Å². The summed E-state index contributed by atoms with van der Waals surface area (Å²) in [6.07, 6.45) is 4.73. The number of amides is 1. The molecule has 0 aromatic carbocycles. The molecule has 2 saturated carbocycles. The number of carbonyl (C=O) groups excluding carboxylic acids is 1. The quantitative estimate of drug-likeness (QED) is 0.913. The first kappa shape index (κ1) is 18.2. The second-order valence-electron chi connectivity index (χ2n) is 8.45. The highest BCUT2D eigenvalue weighted by Crippen LogP contribution is 2.46. The summed E-state index contributed by atoms with van der Waals surface area (Å²) in [5, 5.41) is 0. The molecular weight excluding hydrogens is 314 g/mol. The third-order valence-electron chi connectivity index (χ3n) is 6.32. The zero-order chi connectivity index (χ0) is 18.3. The van der Waals surface area contributed by atoms with E-state index in [4.69, 9.17) is 0 Å². The standard InChI is InChI=1S/C20H31N3O2/c1-12(2)19-17(6-7-18(24)21-19)20(25)23(5)16-10-13-8-15(22(3)4)9-14(13)11-16/h6-7,12-16H,8-11H2,1-5H3,(H,21,24)/t13-,14+,15?,16?. The van der Waals surface area contributed by atoms with E-state index in [0.29, 0.717) is 17.6 Å². The van der Waals surface area contributed by atoms with Gasteiger partial charge >= 0.3 is 0 Å². The Bertz CT molecular complexity index is 680. The van der Waals surface area contributed by atoms with Gasteiger partial charge in [0.25, 0.3) is 5.91 Å². The lowest BCUT2D eigenvalue weighted by Gasteiger charge is -2.28. The first-order valence-electron chi connectivity index (χ1n) is 9.44. The van der Waals surface area contributed by atoms with Crippen LogP contribution in [0.1, 0.15) is 61.5 Å². The lowest BCUT2D eigenvalue weighted by molar-refractivity contribution is 0.0724. The molecule has 5 heteroatoms. The fraction of sp³-hybridized carbons (Fsp3) is 0.700. The van der Waals surface area contributed by atoms with Crippen molar-refractivity contribution < 1.29 is 4.79 Å². The molecule has 1 heterocycles. The van der Waals surface area contributed by atoms with Crippen LogP contribution in [0.2, 0.25) is 0 Å². The Kier molecular flexibility index (Phi) is 5.05. The van der Waals surface area contributed by atoms with E-state index in [2.05, 4.69) is 24.0 Å². The van der Waals surface area contributed by atoms with Crippen molar-refractivity contribution in [1.82, 2.24) is 14.8 Å². The molecule has 1 N–H and O–H groups in total. The van der Waals surface area contributed by atoms with Crippen molar-refractivity contribution in [2.24, 2.45) is 11.8 Å². The molecule has 0 spiro atoms. The summed E-state index contributed by atoms with van der Waals surface area (Å²) < 4.78 is 0. The molecule has 4 atom stereocenters. The van der Waals surface area contributed by atoms with Gasteiger partial charge in [-0.2, -0.15) is 0 Å². The Morgan fingerprint density at radius 3 is 2.12 bits per heavy atom. The van der Waals surface area contributed by atoms with E-state index < -0.39 is 0 Å². The summed E-state index contributed by atoms with van der Waals surface area (Å²) in [5.74, 6) is 1.64. The van der Waals surface area contributed by atoms with Gasteiger partial charge in [-0.15, -0.1) is 0 Å². The molecule has 1 aromatic heterocycles. The van der Waals surface area contributed by atoms with Gasteiger partial charge in [-0.25, -0.2) is 0 Å². The molecule has 5 nitrogen and oxygen atoms in total. The van der Waals surface area contributed by atoms with E-state index in [1.807, 2.05) is 25.8 Å². The number of aromatic nitrogens is 1. The predicted molar refractivity (Wildman–Crippen MR) is 100.0 cm³/mol. The van der Waals surface area contributed by atoms with Gasteiger partial charge in [0.05, 0.1) is 5.56 Å². The maximum Gasteiger partial charge on any atom is 0.255 e.